The standard InChI is InChI=1S/C23H24FN9/c1-13(2)33-12-28-21-19(33)8-18(29-22(21)24)17-5-6-25-23(30-17)31-20-4-3-15(9-27-20)32-11-14-7-16(32)10-26-14/h3-6,8-9,12-14,16,26H,7,10-11H2,1-2H3,(H,25,27,30,31). The third kappa shape index (κ3) is 3.56. The van der Waals surface area contributed by atoms with E-state index in [0.29, 0.717) is 40.8 Å². The fraction of sp³-hybridized carbons (Fsp3) is 0.348. The number of nitrogens with zero attached hydrogens (tertiary/aromatic N) is 7. The molecule has 2 saturated heterocycles. The molecule has 168 valence electrons. The highest BCUT2D eigenvalue weighted by Crippen LogP contribution is 2.30. The second-order valence-electron chi connectivity index (χ2n) is 8.85. The maximum atomic E-state index is 14.6. The Kier molecular flexibility index (Phi) is 4.68. The van der Waals surface area contributed by atoms with Gasteiger partial charge in [-0.25, -0.2) is 24.9 Å². The van der Waals surface area contributed by atoms with Crippen molar-refractivity contribution in [3.8, 4) is 11.4 Å². The zero-order valence-electron chi connectivity index (χ0n) is 18.4. The summed E-state index contributed by atoms with van der Waals surface area (Å²) in [7, 11) is 0. The van der Waals surface area contributed by atoms with Gasteiger partial charge in [0.2, 0.25) is 11.9 Å². The predicted molar refractivity (Wildman–Crippen MR) is 124 cm³/mol. The first-order chi connectivity index (χ1) is 16.0. The first-order valence-corrected chi connectivity index (χ1v) is 11.1. The molecular weight excluding hydrogens is 421 g/mol. The molecule has 2 unspecified atom stereocenters. The van der Waals surface area contributed by atoms with Gasteiger partial charge in [-0.05, 0) is 44.5 Å². The van der Waals surface area contributed by atoms with Crippen LogP contribution in [0.5, 0.6) is 0 Å². The van der Waals surface area contributed by atoms with Crippen molar-refractivity contribution in [2.45, 2.75) is 38.4 Å². The van der Waals surface area contributed by atoms with Crippen LogP contribution >= 0.6 is 0 Å². The highest BCUT2D eigenvalue weighted by atomic mass is 19.1. The predicted octanol–water partition coefficient (Wildman–Crippen LogP) is 3.30. The number of piperazine rings is 1. The summed E-state index contributed by atoms with van der Waals surface area (Å²) in [5, 5.41) is 6.65. The first-order valence-electron chi connectivity index (χ1n) is 11.1. The second kappa shape index (κ2) is 7.73. The number of halogens is 1. The average Bonchev–Trinajstić information content (AvgIpc) is 3.55. The van der Waals surface area contributed by atoms with Crippen LogP contribution in [0.3, 0.4) is 0 Å². The molecule has 0 saturated carbocycles. The molecule has 6 heterocycles. The van der Waals surface area contributed by atoms with Crippen LogP contribution in [0.4, 0.5) is 21.8 Å². The van der Waals surface area contributed by atoms with E-state index in [4.69, 9.17) is 0 Å². The van der Waals surface area contributed by atoms with E-state index in [-0.39, 0.29) is 11.6 Å². The van der Waals surface area contributed by atoms with Gasteiger partial charge in [0.15, 0.2) is 0 Å². The van der Waals surface area contributed by atoms with E-state index in [1.807, 2.05) is 36.7 Å². The molecule has 4 aromatic heterocycles. The number of hydrogen-bond donors (Lipinski definition) is 2. The van der Waals surface area contributed by atoms with Gasteiger partial charge in [0.1, 0.15) is 11.3 Å². The zero-order valence-corrected chi connectivity index (χ0v) is 18.4. The Hall–Kier alpha value is -3.66. The van der Waals surface area contributed by atoms with Gasteiger partial charge in [-0.1, -0.05) is 0 Å². The lowest BCUT2D eigenvalue weighted by atomic mass is 10.2. The van der Waals surface area contributed by atoms with E-state index in [2.05, 4.69) is 46.5 Å². The summed E-state index contributed by atoms with van der Waals surface area (Å²) in [6.07, 6.45) is 6.33. The molecule has 2 atom stereocenters. The van der Waals surface area contributed by atoms with E-state index in [0.717, 1.165) is 18.8 Å². The molecule has 0 amide bonds. The van der Waals surface area contributed by atoms with Gasteiger partial charge < -0.3 is 20.1 Å². The van der Waals surface area contributed by atoms with Crippen molar-refractivity contribution < 1.29 is 4.39 Å². The summed E-state index contributed by atoms with van der Waals surface area (Å²) < 4.78 is 16.5. The Labute approximate surface area is 190 Å². The summed E-state index contributed by atoms with van der Waals surface area (Å²) in [6.45, 7) is 6.10. The molecule has 10 heteroatoms. The minimum absolute atomic E-state index is 0.147. The molecule has 0 radical (unpaired) electrons. The van der Waals surface area contributed by atoms with Gasteiger partial charge in [-0.15, -0.1) is 0 Å². The molecule has 2 aliphatic heterocycles. The monoisotopic (exact) mass is 445 g/mol. The van der Waals surface area contributed by atoms with Gasteiger partial charge >= 0.3 is 0 Å². The SMILES string of the molecule is CC(C)n1cnc2c(F)nc(-c3ccnc(Nc4ccc(N5CC6CC5CN6)cn4)n3)cc21. The lowest BCUT2D eigenvalue weighted by Gasteiger charge is -2.29. The number of rotatable bonds is 5. The highest BCUT2D eigenvalue weighted by Gasteiger charge is 2.37. The Morgan fingerprint density at radius 3 is 2.76 bits per heavy atom. The van der Waals surface area contributed by atoms with E-state index in [1.54, 1.807) is 18.6 Å². The minimum Gasteiger partial charge on any atom is -0.364 e. The molecule has 2 bridgehead atoms. The smallest absolute Gasteiger partial charge is 0.241 e. The van der Waals surface area contributed by atoms with Gasteiger partial charge in [0, 0.05) is 37.4 Å². The van der Waals surface area contributed by atoms with Gasteiger partial charge in [0.05, 0.1) is 35.1 Å². The Morgan fingerprint density at radius 1 is 1.12 bits per heavy atom. The quantitative estimate of drug-likeness (QED) is 0.452. The Morgan fingerprint density at radius 2 is 2.03 bits per heavy atom. The van der Waals surface area contributed by atoms with Crippen molar-refractivity contribution in [1.82, 2.24) is 34.8 Å². The van der Waals surface area contributed by atoms with Crippen molar-refractivity contribution in [3.05, 3.63) is 48.9 Å². The van der Waals surface area contributed by atoms with Crippen LogP contribution in [0, 0.1) is 5.95 Å². The van der Waals surface area contributed by atoms with Crippen molar-refractivity contribution >= 4 is 28.5 Å². The average molecular weight is 446 g/mol. The molecule has 9 nitrogen and oxygen atoms in total. The lowest BCUT2D eigenvalue weighted by Crippen LogP contribution is -2.43. The molecule has 0 aliphatic carbocycles. The summed E-state index contributed by atoms with van der Waals surface area (Å²) in [5.41, 5.74) is 3.00. The van der Waals surface area contributed by atoms with E-state index >= 15 is 0 Å². The molecule has 33 heavy (non-hydrogen) atoms. The van der Waals surface area contributed by atoms with Crippen LogP contribution in [-0.4, -0.2) is 54.7 Å². The molecule has 2 N–H and O–H groups in total. The van der Waals surface area contributed by atoms with Gasteiger partial charge in [0.25, 0.3) is 0 Å². The maximum absolute atomic E-state index is 14.6. The Bertz CT molecular complexity index is 1320. The molecular formula is C23H24FN9. The minimum atomic E-state index is -0.613. The summed E-state index contributed by atoms with van der Waals surface area (Å²) in [5.74, 6) is 0.404. The third-order valence-corrected chi connectivity index (χ3v) is 6.37. The zero-order chi connectivity index (χ0) is 22.5. The van der Waals surface area contributed by atoms with Crippen LogP contribution in [0.1, 0.15) is 26.3 Å². The summed E-state index contributed by atoms with van der Waals surface area (Å²) in [6, 6.07) is 8.79. The number of imidazole rings is 1. The Balaban J connectivity index is 1.25. The van der Waals surface area contributed by atoms with Crippen LogP contribution in [-0.2, 0) is 0 Å². The highest BCUT2D eigenvalue weighted by molar-refractivity contribution is 5.79. The number of hydrogen-bond acceptors (Lipinski definition) is 8. The fourth-order valence-corrected chi connectivity index (χ4v) is 4.72. The van der Waals surface area contributed by atoms with E-state index in [9.17, 15) is 4.39 Å². The van der Waals surface area contributed by atoms with Crippen molar-refractivity contribution in [1.29, 1.82) is 0 Å². The largest absolute Gasteiger partial charge is 0.364 e. The number of fused-ring (bicyclic) bond motifs is 3. The third-order valence-electron chi connectivity index (χ3n) is 6.37. The van der Waals surface area contributed by atoms with E-state index < -0.39 is 5.95 Å². The molecule has 4 aromatic rings. The number of anilines is 3. The van der Waals surface area contributed by atoms with Crippen LogP contribution in [0.25, 0.3) is 22.4 Å². The lowest BCUT2D eigenvalue weighted by molar-refractivity contribution is 0.580. The summed E-state index contributed by atoms with van der Waals surface area (Å²) in [4.78, 5) is 24.0. The maximum Gasteiger partial charge on any atom is 0.241 e. The normalized spacial score (nSPS) is 19.7. The van der Waals surface area contributed by atoms with E-state index in [1.165, 1.54) is 6.42 Å². The van der Waals surface area contributed by atoms with Crippen LogP contribution in [0.15, 0.2) is 43.0 Å². The van der Waals surface area contributed by atoms with Crippen molar-refractivity contribution in [3.63, 3.8) is 0 Å². The first kappa shape index (κ1) is 20.0. The van der Waals surface area contributed by atoms with Crippen molar-refractivity contribution in [2.75, 3.05) is 23.3 Å². The van der Waals surface area contributed by atoms with Crippen LogP contribution < -0.4 is 15.5 Å². The number of aromatic nitrogens is 6. The second-order valence-corrected chi connectivity index (χ2v) is 8.85. The van der Waals surface area contributed by atoms with Gasteiger partial charge in [-0.2, -0.15) is 4.39 Å². The number of pyridine rings is 2. The molecule has 2 aliphatic rings. The summed E-state index contributed by atoms with van der Waals surface area (Å²) >= 11 is 0. The van der Waals surface area contributed by atoms with Crippen molar-refractivity contribution in [2.24, 2.45) is 0 Å². The topological polar surface area (TPSA) is 96.7 Å². The molecule has 0 spiro atoms. The molecule has 2 fully saturated rings. The molecule has 0 aromatic carbocycles. The van der Waals surface area contributed by atoms with Crippen LogP contribution in [0.2, 0.25) is 0 Å². The number of nitrogens with one attached hydrogen (secondary N) is 2. The molecule has 6 rings (SSSR count). The fourth-order valence-electron chi connectivity index (χ4n) is 4.72. The van der Waals surface area contributed by atoms with Gasteiger partial charge in [-0.3, -0.25) is 0 Å².